The van der Waals surface area contributed by atoms with Crippen molar-refractivity contribution in [2.45, 2.75) is 32.6 Å². The first kappa shape index (κ1) is 10.2. The van der Waals surface area contributed by atoms with Crippen LogP contribution in [0.15, 0.2) is 23.4 Å². The normalized spacial score (nSPS) is 17.6. The molecule has 0 aliphatic heterocycles. The molecule has 1 aliphatic carbocycles. The number of benzene rings is 1. The zero-order valence-electron chi connectivity index (χ0n) is 9.42. The highest BCUT2D eigenvalue weighted by Crippen LogP contribution is 2.23. The lowest BCUT2D eigenvalue weighted by Crippen LogP contribution is -2.12. The molecule has 0 atom stereocenters. The topological polar surface area (TPSA) is 21.6 Å². The van der Waals surface area contributed by atoms with Crippen molar-refractivity contribution in [3.63, 3.8) is 0 Å². The summed E-state index contributed by atoms with van der Waals surface area (Å²) in [5, 5.41) is 4.10. The van der Waals surface area contributed by atoms with Gasteiger partial charge in [-0.3, -0.25) is 0 Å². The summed E-state index contributed by atoms with van der Waals surface area (Å²) in [7, 11) is 1.61. The van der Waals surface area contributed by atoms with E-state index in [1.807, 2.05) is 0 Å². The van der Waals surface area contributed by atoms with E-state index < -0.39 is 0 Å². The van der Waals surface area contributed by atoms with Gasteiger partial charge in [-0.2, -0.15) is 0 Å². The molecule has 2 heteroatoms. The van der Waals surface area contributed by atoms with Gasteiger partial charge < -0.3 is 4.84 Å². The van der Waals surface area contributed by atoms with E-state index in [1.165, 1.54) is 29.5 Å². The summed E-state index contributed by atoms with van der Waals surface area (Å²) in [6.45, 7) is 2.19. The molecule has 0 saturated carbocycles. The Labute approximate surface area is 90.9 Å². The highest BCUT2D eigenvalue weighted by Gasteiger charge is 2.15. The Morgan fingerprint density at radius 2 is 2.20 bits per heavy atom. The fraction of sp³-hybridized carbons (Fsp3) is 0.462. The smallest absolute Gasteiger partial charge is 0.106 e. The number of aryl methyl sites for hydroxylation is 2. The summed E-state index contributed by atoms with van der Waals surface area (Å²) in [6, 6.07) is 6.68. The van der Waals surface area contributed by atoms with Crippen LogP contribution in [0, 0.1) is 0 Å². The second-order valence-electron chi connectivity index (χ2n) is 3.92. The minimum Gasteiger partial charge on any atom is -0.399 e. The first-order valence-corrected chi connectivity index (χ1v) is 5.57. The van der Waals surface area contributed by atoms with E-state index in [4.69, 9.17) is 4.84 Å². The van der Waals surface area contributed by atoms with Gasteiger partial charge in [0.05, 0.1) is 5.71 Å². The standard InChI is InChI=1S/C13H17NO/c1-3-10-7-8-12-11(9-10)5-4-6-13(12)14-15-2/h7-9H,3-6H2,1-2H3/b14-13+. The van der Waals surface area contributed by atoms with E-state index >= 15 is 0 Å². The zero-order chi connectivity index (χ0) is 10.7. The number of hydrogen-bond donors (Lipinski definition) is 0. The molecule has 1 aromatic rings. The van der Waals surface area contributed by atoms with E-state index in [0.717, 1.165) is 18.6 Å². The van der Waals surface area contributed by atoms with E-state index in [-0.39, 0.29) is 0 Å². The average Bonchev–Trinajstić information content (AvgIpc) is 2.29. The second kappa shape index (κ2) is 4.47. The van der Waals surface area contributed by atoms with Crippen LogP contribution in [-0.4, -0.2) is 12.8 Å². The Hall–Kier alpha value is -1.31. The van der Waals surface area contributed by atoms with Crippen LogP contribution < -0.4 is 0 Å². The third-order valence-corrected chi connectivity index (χ3v) is 2.95. The average molecular weight is 203 g/mol. The van der Waals surface area contributed by atoms with Crippen LogP contribution in [0.5, 0.6) is 0 Å². The van der Waals surface area contributed by atoms with Crippen LogP contribution in [0.25, 0.3) is 0 Å². The number of nitrogens with zero attached hydrogens (tertiary/aromatic N) is 1. The molecule has 0 fully saturated rings. The van der Waals surface area contributed by atoms with Crippen LogP contribution in [-0.2, 0) is 17.7 Å². The van der Waals surface area contributed by atoms with Crippen molar-refractivity contribution in [3.05, 3.63) is 34.9 Å². The molecule has 2 nitrogen and oxygen atoms in total. The molecular formula is C13H17NO. The molecule has 0 radical (unpaired) electrons. The van der Waals surface area contributed by atoms with Gasteiger partial charge in [0.1, 0.15) is 7.11 Å². The van der Waals surface area contributed by atoms with Gasteiger partial charge in [-0.15, -0.1) is 0 Å². The number of rotatable bonds is 2. The fourth-order valence-electron chi connectivity index (χ4n) is 2.14. The van der Waals surface area contributed by atoms with Crippen molar-refractivity contribution < 1.29 is 4.84 Å². The first-order valence-electron chi connectivity index (χ1n) is 5.57. The van der Waals surface area contributed by atoms with Gasteiger partial charge in [-0.25, -0.2) is 0 Å². The molecule has 0 saturated heterocycles. The monoisotopic (exact) mass is 203 g/mol. The van der Waals surface area contributed by atoms with Crippen molar-refractivity contribution in [3.8, 4) is 0 Å². The molecule has 2 rings (SSSR count). The van der Waals surface area contributed by atoms with Gasteiger partial charge in [-0.05, 0) is 36.8 Å². The molecule has 0 unspecified atom stereocenters. The zero-order valence-corrected chi connectivity index (χ0v) is 9.42. The largest absolute Gasteiger partial charge is 0.399 e. The maximum Gasteiger partial charge on any atom is 0.106 e. The molecule has 0 bridgehead atoms. The van der Waals surface area contributed by atoms with Gasteiger partial charge in [-0.1, -0.05) is 30.3 Å². The van der Waals surface area contributed by atoms with Crippen molar-refractivity contribution in [2.24, 2.45) is 5.16 Å². The molecule has 0 amide bonds. The highest BCUT2D eigenvalue weighted by molar-refractivity contribution is 6.02. The quantitative estimate of drug-likeness (QED) is 0.677. The summed E-state index contributed by atoms with van der Waals surface area (Å²) in [5.74, 6) is 0. The Morgan fingerprint density at radius 3 is 2.93 bits per heavy atom. The van der Waals surface area contributed by atoms with Crippen molar-refractivity contribution in [1.82, 2.24) is 0 Å². The predicted octanol–water partition coefficient (Wildman–Crippen LogP) is 2.94. The van der Waals surface area contributed by atoms with E-state index in [1.54, 1.807) is 7.11 Å². The SMILES string of the molecule is CCc1ccc2c(c1)CCC/C2=N\OC. The Kier molecular flexibility index (Phi) is 3.05. The van der Waals surface area contributed by atoms with Crippen LogP contribution in [0.4, 0.5) is 0 Å². The van der Waals surface area contributed by atoms with Crippen molar-refractivity contribution in [2.75, 3.05) is 7.11 Å². The lowest BCUT2D eigenvalue weighted by atomic mass is 9.88. The molecule has 0 heterocycles. The molecule has 80 valence electrons. The lowest BCUT2D eigenvalue weighted by molar-refractivity contribution is 0.212. The maximum atomic E-state index is 4.88. The van der Waals surface area contributed by atoms with E-state index in [2.05, 4.69) is 30.3 Å². The molecule has 15 heavy (non-hydrogen) atoms. The molecule has 1 aromatic carbocycles. The minimum atomic E-state index is 1.03. The Morgan fingerprint density at radius 1 is 1.33 bits per heavy atom. The predicted molar refractivity (Wildman–Crippen MR) is 62.3 cm³/mol. The third kappa shape index (κ3) is 2.04. The first-order chi connectivity index (χ1) is 7.35. The highest BCUT2D eigenvalue weighted by atomic mass is 16.6. The van der Waals surface area contributed by atoms with Gasteiger partial charge in [0, 0.05) is 5.56 Å². The number of oxime groups is 1. The maximum absolute atomic E-state index is 4.88. The summed E-state index contributed by atoms with van der Waals surface area (Å²) in [6.07, 6.45) is 4.49. The number of hydrogen-bond acceptors (Lipinski definition) is 2. The van der Waals surface area contributed by atoms with Crippen molar-refractivity contribution in [1.29, 1.82) is 0 Å². The van der Waals surface area contributed by atoms with Gasteiger partial charge in [0.2, 0.25) is 0 Å². The summed E-state index contributed by atoms with van der Waals surface area (Å²) < 4.78 is 0. The lowest BCUT2D eigenvalue weighted by Gasteiger charge is -2.17. The van der Waals surface area contributed by atoms with E-state index in [0.29, 0.717) is 0 Å². The fourth-order valence-corrected chi connectivity index (χ4v) is 2.14. The number of fused-ring (bicyclic) bond motifs is 1. The Bertz CT molecular complexity index is 382. The molecular weight excluding hydrogens is 186 g/mol. The third-order valence-electron chi connectivity index (χ3n) is 2.95. The molecule has 1 aliphatic rings. The van der Waals surface area contributed by atoms with Crippen LogP contribution in [0.3, 0.4) is 0 Å². The Balaban J connectivity index is 2.41. The molecule has 0 spiro atoms. The van der Waals surface area contributed by atoms with Gasteiger partial charge >= 0.3 is 0 Å². The summed E-state index contributed by atoms with van der Waals surface area (Å²) in [4.78, 5) is 4.88. The molecule has 0 aromatic heterocycles. The second-order valence-corrected chi connectivity index (χ2v) is 3.92. The van der Waals surface area contributed by atoms with Gasteiger partial charge in [0.25, 0.3) is 0 Å². The van der Waals surface area contributed by atoms with Crippen molar-refractivity contribution >= 4 is 5.71 Å². The summed E-state index contributed by atoms with van der Waals surface area (Å²) in [5.41, 5.74) is 5.21. The van der Waals surface area contributed by atoms with Crippen LogP contribution in [0.1, 0.15) is 36.5 Å². The minimum absolute atomic E-state index is 1.03. The molecule has 0 N–H and O–H groups in total. The van der Waals surface area contributed by atoms with Crippen LogP contribution >= 0.6 is 0 Å². The van der Waals surface area contributed by atoms with E-state index in [9.17, 15) is 0 Å². The summed E-state index contributed by atoms with van der Waals surface area (Å²) >= 11 is 0. The van der Waals surface area contributed by atoms with Crippen LogP contribution in [0.2, 0.25) is 0 Å². The van der Waals surface area contributed by atoms with Gasteiger partial charge in [0.15, 0.2) is 0 Å².